The molecule has 0 saturated heterocycles. The van der Waals surface area contributed by atoms with Crippen molar-refractivity contribution in [2.75, 3.05) is 19.6 Å². The third kappa shape index (κ3) is 3.40. The van der Waals surface area contributed by atoms with Gasteiger partial charge in [-0.1, -0.05) is 39.0 Å². The Balaban J connectivity index is 2.05. The molecule has 0 fully saturated rings. The van der Waals surface area contributed by atoms with E-state index < -0.39 is 0 Å². The zero-order valence-electron chi connectivity index (χ0n) is 12.9. The average Bonchev–Trinajstić information content (AvgIpc) is 2.45. The first kappa shape index (κ1) is 15.0. The topological polar surface area (TPSA) is 32.3 Å². The van der Waals surface area contributed by atoms with Gasteiger partial charge in [-0.25, -0.2) is 0 Å². The number of carbonyl (C=O) groups excluding carboxylic acids is 1. The predicted octanol–water partition coefficient (Wildman–Crippen LogP) is 2.71. The number of carbonyl (C=O) groups is 1. The molecule has 1 aromatic carbocycles. The van der Waals surface area contributed by atoms with Crippen LogP contribution >= 0.6 is 0 Å². The Morgan fingerprint density at radius 3 is 2.75 bits per heavy atom. The Hall–Kier alpha value is -1.35. The van der Waals surface area contributed by atoms with E-state index in [0.29, 0.717) is 12.0 Å². The van der Waals surface area contributed by atoms with E-state index in [4.69, 9.17) is 0 Å². The molecular formula is C17H26N2O. The van der Waals surface area contributed by atoms with Gasteiger partial charge >= 0.3 is 0 Å². The van der Waals surface area contributed by atoms with Crippen molar-refractivity contribution in [3.05, 3.63) is 35.4 Å². The number of fused-ring (bicyclic) bond motifs is 1. The third-order valence-electron chi connectivity index (χ3n) is 4.06. The van der Waals surface area contributed by atoms with Crippen molar-refractivity contribution in [1.29, 1.82) is 0 Å². The Morgan fingerprint density at radius 1 is 1.30 bits per heavy atom. The molecule has 1 aromatic rings. The summed E-state index contributed by atoms with van der Waals surface area (Å²) in [5.41, 5.74) is 2.08. The number of rotatable bonds is 6. The van der Waals surface area contributed by atoms with Gasteiger partial charge in [0.25, 0.3) is 5.91 Å². The number of amides is 1. The highest BCUT2D eigenvalue weighted by Crippen LogP contribution is 2.19. The third-order valence-corrected chi connectivity index (χ3v) is 4.06. The Bertz CT molecular complexity index is 456. The quantitative estimate of drug-likeness (QED) is 0.865. The van der Waals surface area contributed by atoms with Gasteiger partial charge in [0.2, 0.25) is 0 Å². The fourth-order valence-corrected chi connectivity index (χ4v) is 2.73. The maximum atomic E-state index is 12.5. The highest BCUT2D eigenvalue weighted by molar-refractivity contribution is 5.96. The lowest BCUT2D eigenvalue weighted by Crippen LogP contribution is -2.48. The van der Waals surface area contributed by atoms with Crippen LogP contribution in [0.1, 0.15) is 43.1 Å². The zero-order chi connectivity index (χ0) is 14.5. The number of nitrogens with one attached hydrogen (secondary N) is 1. The van der Waals surface area contributed by atoms with Crippen molar-refractivity contribution in [2.24, 2.45) is 5.92 Å². The number of benzene rings is 1. The van der Waals surface area contributed by atoms with Crippen molar-refractivity contribution >= 4 is 5.91 Å². The monoisotopic (exact) mass is 274 g/mol. The average molecular weight is 274 g/mol. The highest BCUT2D eigenvalue weighted by Gasteiger charge is 2.26. The van der Waals surface area contributed by atoms with Crippen LogP contribution in [0.4, 0.5) is 0 Å². The molecule has 3 nitrogen and oxygen atoms in total. The number of hydrogen-bond acceptors (Lipinski definition) is 2. The number of nitrogens with zero attached hydrogens (tertiary/aromatic N) is 1. The normalized spacial score (nSPS) is 16.4. The van der Waals surface area contributed by atoms with Crippen LogP contribution in [-0.4, -0.2) is 36.5 Å². The highest BCUT2D eigenvalue weighted by atomic mass is 16.2. The number of hydrogen-bond donors (Lipinski definition) is 1. The van der Waals surface area contributed by atoms with E-state index in [9.17, 15) is 4.79 Å². The maximum absolute atomic E-state index is 12.5. The largest absolute Gasteiger partial charge is 0.337 e. The Morgan fingerprint density at radius 2 is 2.05 bits per heavy atom. The molecule has 0 spiro atoms. The summed E-state index contributed by atoms with van der Waals surface area (Å²) in [7, 11) is 0. The molecule has 1 atom stereocenters. The van der Waals surface area contributed by atoms with E-state index in [-0.39, 0.29) is 5.91 Å². The molecule has 20 heavy (non-hydrogen) atoms. The summed E-state index contributed by atoms with van der Waals surface area (Å²) in [6, 6.07) is 8.37. The molecule has 1 amide bonds. The van der Waals surface area contributed by atoms with Gasteiger partial charge < -0.3 is 10.2 Å². The minimum Gasteiger partial charge on any atom is -0.337 e. The summed E-state index contributed by atoms with van der Waals surface area (Å²) in [6.45, 7) is 9.28. The molecule has 1 aliphatic heterocycles. The molecule has 0 aliphatic carbocycles. The molecule has 2 rings (SSSR count). The first-order chi connectivity index (χ1) is 9.63. The van der Waals surface area contributed by atoms with Gasteiger partial charge in [0, 0.05) is 24.7 Å². The first-order valence-corrected chi connectivity index (χ1v) is 7.74. The second-order valence-corrected chi connectivity index (χ2v) is 5.96. The molecule has 110 valence electrons. The minimum absolute atomic E-state index is 0.191. The summed E-state index contributed by atoms with van der Waals surface area (Å²) >= 11 is 0. The second kappa shape index (κ2) is 6.89. The molecule has 1 heterocycles. The van der Waals surface area contributed by atoms with Gasteiger partial charge in [0.05, 0.1) is 0 Å². The molecule has 1 unspecified atom stereocenters. The molecule has 3 heteroatoms. The van der Waals surface area contributed by atoms with E-state index in [2.05, 4.69) is 32.2 Å². The second-order valence-electron chi connectivity index (χ2n) is 5.96. The van der Waals surface area contributed by atoms with Crippen LogP contribution in [0.2, 0.25) is 0 Å². The summed E-state index contributed by atoms with van der Waals surface area (Å²) in [4.78, 5) is 14.6. The van der Waals surface area contributed by atoms with Gasteiger partial charge in [0.15, 0.2) is 0 Å². The molecule has 0 saturated carbocycles. The maximum Gasteiger partial charge on any atom is 0.254 e. The van der Waals surface area contributed by atoms with E-state index in [1.165, 1.54) is 5.56 Å². The Kier molecular flexibility index (Phi) is 5.18. The molecule has 1 N–H and O–H groups in total. The smallest absolute Gasteiger partial charge is 0.254 e. The van der Waals surface area contributed by atoms with Gasteiger partial charge in [0.1, 0.15) is 0 Å². The summed E-state index contributed by atoms with van der Waals surface area (Å²) in [6.07, 6.45) is 2.10. The summed E-state index contributed by atoms with van der Waals surface area (Å²) in [5.74, 6) is 0.724. The van der Waals surface area contributed by atoms with Crippen molar-refractivity contribution in [3.63, 3.8) is 0 Å². The lowest BCUT2D eigenvalue weighted by Gasteiger charge is -2.33. The molecule has 0 bridgehead atoms. The summed E-state index contributed by atoms with van der Waals surface area (Å²) < 4.78 is 0. The zero-order valence-corrected chi connectivity index (χ0v) is 12.9. The fourth-order valence-electron chi connectivity index (χ4n) is 2.73. The van der Waals surface area contributed by atoms with Crippen LogP contribution in [0.15, 0.2) is 24.3 Å². The van der Waals surface area contributed by atoms with Gasteiger partial charge in [-0.15, -0.1) is 0 Å². The van der Waals surface area contributed by atoms with E-state index >= 15 is 0 Å². The van der Waals surface area contributed by atoms with Crippen LogP contribution in [0, 0.1) is 5.92 Å². The van der Waals surface area contributed by atoms with Crippen LogP contribution < -0.4 is 5.32 Å². The first-order valence-electron chi connectivity index (χ1n) is 7.74. The van der Waals surface area contributed by atoms with Gasteiger partial charge in [-0.05, 0) is 36.9 Å². The van der Waals surface area contributed by atoms with Crippen molar-refractivity contribution in [1.82, 2.24) is 10.2 Å². The summed E-state index contributed by atoms with van der Waals surface area (Å²) in [5, 5.41) is 3.57. The van der Waals surface area contributed by atoms with Crippen molar-refractivity contribution < 1.29 is 4.79 Å². The molecule has 0 radical (unpaired) electrons. The lowest BCUT2D eigenvalue weighted by molar-refractivity contribution is 0.0711. The van der Waals surface area contributed by atoms with Crippen LogP contribution in [0.25, 0.3) is 0 Å². The fraction of sp³-hybridized carbons (Fsp3) is 0.588. The van der Waals surface area contributed by atoms with Crippen molar-refractivity contribution in [2.45, 2.75) is 39.7 Å². The van der Waals surface area contributed by atoms with Gasteiger partial charge in [-0.3, -0.25) is 4.79 Å². The minimum atomic E-state index is 0.191. The van der Waals surface area contributed by atoms with E-state index in [1.54, 1.807) is 0 Å². The SMILES string of the molecule is CCCNC(CN1CCc2ccccc2C1=O)C(C)C. The van der Waals surface area contributed by atoms with Crippen LogP contribution in [-0.2, 0) is 6.42 Å². The lowest BCUT2D eigenvalue weighted by atomic mass is 9.97. The predicted molar refractivity (Wildman–Crippen MR) is 83.0 cm³/mol. The molecular weight excluding hydrogens is 248 g/mol. The van der Waals surface area contributed by atoms with Crippen LogP contribution in [0.5, 0.6) is 0 Å². The molecule has 1 aliphatic rings. The standard InChI is InChI=1S/C17H26N2O/c1-4-10-18-16(13(2)3)12-19-11-9-14-7-5-6-8-15(14)17(19)20/h5-8,13,16,18H,4,9-12H2,1-3H3. The van der Waals surface area contributed by atoms with Crippen LogP contribution in [0.3, 0.4) is 0 Å². The Labute approximate surface area is 122 Å². The van der Waals surface area contributed by atoms with Crippen molar-refractivity contribution in [3.8, 4) is 0 Å². The van der Waals surface area contributed by atoms with E-state index in [0.717, 1.165) is 38.0 Å². The molecule has 0 aromatic heterocycles. The van der Waals surface area contributed by atoms with Gasteiger partial charge in [-0.2, -0.15) is 0 Å². The van der Waals surface area contributed by atoms with E-state index in [1.807, 2.05) is 23.1 Å².